The smallest absolute Gasteiger partial charge is 0.258 e. The lowest BCUT2D eigenvalue weighted by Gasteiger charge is -2.16. The highest BCUT2D eigenvalue weighted by Crippen LogP contribution is 2.35. The van der Waals surface area contributed by atoms with E-state index in [1.54, 1.807) is 39.6 Å². The summed E-state index contributed by atoms with van der Waals surface area (Å²) in [7, 11) is 3.39. The van der Waals surface area contributed by atoms with Gasteiger partial charge in [-0.1, -0.05) is 82.6 Å². The van der Waals surface area contributed by atoms with Gasteiger partial charge in [-0.25, -0.2) is 9.97 Å². The van der Waals surface area contributed by atoms with Crippen molar-refractivity contribution < 1.29 is 23.6 Å². The van der Waals surface area contributed by atoms with E-state index in [0.29, 0.717) is 59.6 Å². The lowest BCUT2D eigenvalue weighted by molar-refractivity contribution is 0.185. The number of ether oxygens (including phenoxy) is 2. The normalized spacial score (nSPS) is 11.8. The van der Waals surface area contributed by atoms with Crippen molar-refractivity contribution in [2.75, 3.05) is 31.8 Å². The van der Waals surface area contributed by atoms with E-state index in [2.05, 4.69) is 102 Å². The van der Waals surface area contributed by atoms with Crippen LogP contribution in [0.15, 0.2) is 125 Å². The van der Waals surface area contributed by atoms with E-state index in [0.717, 1.165) is 69.3 Å². The zero-order valence-corrected chi connectivity index (χ0v) is 35.3. The zero-order chi connectivity index (χ0) is 43.0. The van der Waals surface area contributed by atoms with Crippen LogP contribution >= 0.6 is 11.6 Å². The number of hydrogen-bond donors (Lipinski definition) is 3. The SMILES string of the molecule is COCc1cc(-c2nc(-c3ccc(NCC(C)O)nc3)no2)ccc1-c1ccccc1CCCc1ccccc1-c1ccc(-c2nc(-c3cnc(N)c(Cl)c3)no2)cc1COC. The van der Waals surface area contributed by atoms with Gasteiger partial charge in [-0.15, -0.1) is 0 Å². The number of halogens is 1. The Morgan fingerprint density at radius 2 is 1.16 bits per heavy atom. The van der Waals surface area contributed by atoms with Crippen LogP contribution in [0.1, 0.15) is 35.6 Å². The minimum atomic E-state index is -0.482. The highest BCUT2D eigenvalue weighted by molar-refractivity contribution is 6.33. The van der Waals surface area contributed by atoms with E-state index < -0.39 is 6.10 Å². The molecule has 0 saturated carbocycles. The molecule has 1 atom stereocenters. The van der Waals surface area contributed by atoms with Crippen LogP contribution in [0.5, 0.6) is 0 Å². The molecule has 1 unspecified atom stereocenters. The molecule has 0 spiro atoms. The van der Waals surface area contributed by atoms with Gasteiger partial charge in [0.2, 0.25) is 11.6 Å². The molecule has 0 radical (unpaired) electrons. The molecule has 0 bridgehead atoms. The van der Waals surface area contributed by atoms with Crippen molar-refractivity contribution in [3.05, 3.63) is 143 Å². The van der Waals surface area contributed by atoms with E-state index >= 15 is 0 Å². The van der Waals surface area contributed by atoms with Gasteiger partial charge in [-0.3, -0.25) is 0 Å². The molecule has 14 heteroatoms. The molecule has 62 heavy (non-hydrogen) atoms. The molecular weight excluding hydrogens is 804 g/mol. The Kier molecular flexibility index (Phi) is 13.1. The standard InChI is InChI=1S/C48H45ClN8O5/c1-29(58)24-51-43-20-17-34(25-52-43)45-54-47(61-56-45)32-15-18-40(36(21-32)27-59-2)38-13-6-4-9-30(38)11-8-12-31-10-5-7-14-39(31)41-19-16-33(22-37(41)28-60-3)48-55-46(57-62-48)35-23-42(49)44(50)53-26-35/h4-7,9-10,13-23,25-26,29,58H,8,11-12,24,27-28H2,1-3H3,(H2,50,53)(H,51,52). The van der Waals surface area contributed by atoms with Crippen molar-refractivity contribution in [1.82, 2.24) is 30.2 Å². The molecule has 0 fully saturated rings. The Labute approximate surface area is 364 Å². The number of aliphatic hydroxyl groups is 1. The number of nitrogens with zero attached hydrogens (tertiary/aromatic N) is 6. The molecule has 8 aromatic rings. The molecule has 0 aliphatic heterocycles. The summed E-state index contributed by atoms with van der Waals surface area (Å²) in [5.74, 6) is 2.46. The number of nitrogens with two attached hydrogens (primary N) is 1. The third kappa shape index (κ3) is 9.56. The van der Waals surface area contributed by atoms with Crippen LogP contribution < -0.4 is 11.1 Å². The molecule has 0 aliphatic carbocycles. The maximum absolute atomic E-state index is 9.56. The van der Waals surface area contributed by atoms with Crippen LogP contribution in [-0.4, -0.2) is 62.2 Å². The average Bonchev–Trinajstić information content (AvgIpc) is 4.00. The summed E-state index contributed by atoms with van der Waals surface area (Å²) in [4.78, 5) is 17.8. The molecule has 13 nitrogen and oxygen atoms in total. The van der Waals surface area contributed by atoms with Crippen LogP contribution in [0.3, 0.4) is 0 Å². The van der Waals surface area contributed by atoms with Gasteiger partial charge < -0.3 is 34.7 Å². The van der Waals surface area contributed by atoms with Crippen LogP contribution in [0.4, 0.5) is 11.6 Å². The topological polar surface area (TPSA) is 180 Å². The molecule has 4 heterocycles. The van der Waals surface area contributed by atoms with E-state index in [-0.39, 0.29) is 5.82 Å². The minimum Gasteiger partial charge on any atom is -0.392 e. The number of anilines is 2. The summed E-state index contributed by atoms with van der Waals surface area (Å²) in [6.45, 7) is 2.92. The van der Waals surface area contributed by atoms with Gasteiger partial charge in [-0.05, 0) is 113 Å². The van der Waals surface area contributed by atoms with Crippen LogP contribution in [0.2, 0.25) is 5.02 Å². The molecule has 4 aromatic heterocycles. The summed E-state index contributed by atoms with van der Waals surface area (Å²) < 4.78 is 22.8. The van der Waals surface area contributed by atoms with Gasteiger partial charge in [0.15, 0.2) is 0 Å². The number of aromatic nitrogens is 6. The Hall–Kier alpha value is -6.77. The molecule has 0 amide bonds. The van der Waals surface area contributed by atoms with Crippen molar-refractivity contribution in [2.24, 2.45) is 0 Å². The predicted molar refractivity (Wildman–Crippen MR) is 240 cm³/mol. The second kappa shape index (κ2) is 19.3. The molecule has 314 valence electrons. The first-order valence-corrected chi connectivity index (χ1v) is 20.5. The van der Waals surface area contributed by atoms with Crippen molar-refractivity contribution >= 4 is 23.2 Å². The van der Waals surface area contributed by atoms with Gasteiger partial charge in [0.05, 0.1) is 24.3 Å². The number of nitrogens with one attached hydrogen (secondary N) is 1. The summed E-state index contributed by atoms with van der Waals surface area (Å²) in [5, 5.41) is 21.4. The van der Waals surface area contributed by atoms with Gasteiger partial charge >= 0.3 is 0 Å². The third-order valence-electron chi connectivity index (χ3n) is 10.4. The summed E-state index contributed by atoms with van der Waals surface area (Å²) in [6.07, 6.45) is 5.42. The zero-order valence-electron chi connectivity index (χ0n) is 34.5. The molecule has 0 aliphatic rings. The van der Waals surface area contributed by atoms with Gasteiger partial charge in [0.1, 0.15) is 11.6 Å². The first kappa shape index (κ1) is 41.9. The second-order valence-electron chi connectivity index (χ2n) is 14.9. The Bertz CT molecular complexity index is 2790. The van der Waals surface area contributed by atoms with Crippen LogP contribution in [0.25, 0.3) is 67.9 Å². The van der Waals surface area contributed by atoms with Crippen molar-refractivity contribution in [3.8, 4) is 67.9 Å². The number of methoxy groups -OCH3 is 2. The number of hydrogen-bond acceptors (Lipinski definition) is 13. The molecular formula is C48H45ClN8O5. The van der Waals surface area contributed by atoms with Crippen molar-refractivity contribution in [3.63, 3.8) is 0 Å². The third-order valence-corrected chi connectivity index (χ3v) is 10.7. The number of benzene rings is 4. The first-order chi connectivity index (χ1) is 30.3. The van der Waals surface area contributed by atoms with Crippen molar-refractivity contribution in [2.45, 2.75) is 45.5 Å². The highest BCUT2D eigenvalue weighted by atomic mass is 35.5. The average molecular weight is 849 g/mol. The quantitative estimate of drug-likeness (QED) is 0.0789. The molecule has 8 rings (SSSR count). The summed E-state index contributed by atoms with van der Waals surface area (Å²) in [5.41, 5.74) is 17.6. The fraction of sp³-hybridized carbons (Fsp3) is 0.208. The fourth-order valence-corrected chi connectivity index (χ4v) is 7.54. The number of rotatable bonds is 17. The number of aryl methyl sites for hydroxylation is 2. The predicted octanol–water partition coefficient (Wildman–Crippen LogP) is 9.74. The van der Waals surface area contributed by atoms with Gasteiger partial charge in [-0.2, -0.15) is 9.97 Å². The summed E-state index contributed by atoms with van der Waals surface area (Å²) >= 11 is 6.19. The van der Waals surface area contributed by atoms with E-state index in [1.165, 1.54) is 11.1 Å². The van der Waals surface area contributed by atoms with E-state index in [4.69, 9.17) is 35.9 Å². The Morgan fingerprint density at radius 3 is 1.68 bits per heavy atom. The number of pyridine rings is 2. The molecule has 4 aromatic carbocycles. The second-order valence-corrected chi connectivity index (χ2v) is 15.3. The Morgan fingerprint density at radius 1 is 0.645 bits per heavy atom. The van der Waals surface area contributed by atoms with Crippen LogP contribution in [0, 0.1) is 0 Å². The van der Waals surface area contributed by atoms with Gasteiger partial charge in [0, 0.05) is 55.4 Å². The first-order valence-electron chi connectivity index (χ1n) is 20.2. The molecule has 4 N–H and O–H groups in total. The largest absolute Gasteiger partial charge is 0.392 e. The van der Waals surface area contributed by atoms with Gasteiger partial charge in [0.25, 0.3) is 11.8 Å². The number of nitrogen functional groups attached to an aromatic ring is 1. The Balaban J connectivity index is 0.988. The summed E-state index contributed by atoms with van der Waals surface area (Å²) in [6, 6.07) is 34.7. The maximum atomic E-state index is 9.56. The fourth-order valence-electron chi connectivity index (χ4n) is 7.37. The number of aliphatic hydroxyl groups excluding tert-OH is 1. The maximum Gasteiger partial charge on any atom is 0.258 e. The van der Waals surface area contributed by atoms with E-state index in [1.807, 2.05) is 30.3 Å². The van der Waals surface area contributed by atoms with Crippen LogP contribution in [-0.2, 0) is 35.5 Å². The molecule has 0 saturated heterocycles. The highest BCUT2D eigenvalue weighted by Gasteiger charge is 2.19. The van der Waals surface area contributed by atoms with E-state index in [9.17, 15) is 5.11 Å². The lowest BCUT2D eigenvalue weighted by Crippen LogP contribution is -2.15. The lowest BCUT2D eigenvalue weighted by atomic mass is 9.89. The monoisotopic (exact) mass is 848 g/mol. The van der Waals surface area contributed by atoms with Crippen molar-refractivity contribution in [1.29, 1.82) is 0 Å². The minimum absolute atomic E-state index is 0.238.